The molecule has 1 aliphatic rings. The third-order valence-electron chi connectivity index (χ3n) is 2.81. The average Bonchev–Trinajstić information content (AvgIpc) is 2.47. The molecule has 14 heavy (non-hydrogen) atoms. The molecule has 0 amide bonds. The number of hydrogen-bond donors (Lipinski definition) is 0. The van der Waals surface area contributed by atoms with Gasteiger partial charge in [0.25, 0.3) is 0 Å². The maximum atomic E-state index is 5.73. The third kappa shape index (κ3) is 3.97. The van der Waals surface area contributed by atoms with Crippen molar-refractivity contribution in [3.8, 4) is 0 Å². The van der Waals surface area contributed by atoms with Crippen LogP contribution in [-0.2, 0) is 9.47 Å². The van der Waals surface area contributed by atoms with Crippen molar-refractivity contribution in [2.45, 2.75) is 71.2 Å². The molecule has 0 unspecified atom stereocenters. The average molecular weight is 200 g/mol. The summed E-state index contributed by atoms with van der Waals surface area (Å²) in [5.74, 6) is -0.286. The van der Waals surface area contributed by atoms with Crippen LogP contribution in [0, 0.1) is 0 Å². The number of unbranched alkanes of at least 4 members (excludes halogenated alkanes) is 4. The van der Waals surface area contributed by atoms with Gasteiger partial charge in [0, 0.05) is 6.42 Å². The van der Waals surface area contributed by atoms with E-state index in [1.807, 2.05) is 0 Å². The van der Waals surface area contributed by atoms with Gasteiger partial charge in [-0.2, -0.15) is 0 Å². The summed E-state index contributed by atoms with van der Waals surface area (Å²) >= 11 is 0. The van der Waals surface area contributed by atoms with Crippen LogP contribution in [0.3, 0.4) is 0 Å². The molecule has 0 aliphatic carbocycles. The molecule has 2 nitrogen and oxygen atoms in total. The van der Waals surface area contributed by atoms with E-state index in [9.17, 15) is 0 Å². The van der Waals surface area contributed by atoms with Gasteiger partial charge in [-0.3, -0.25) is 0 Å². The molecule has 2 heteroatoms. The fraction of sp³-hybridized carbons (Fsp3) is 1.00. The lowest BCUT2D eigenvalue weighted by atomic mass is 10.1. The van der Waals surface area contributed by atoms with E-state index >= 15 is 0 Å². The van der Waals surface area contributed by atoms with Crippen molar-refractivity contribution < 1.29 is 9.47 Å². The summed E-state index contributed by atoms with van der Waals surface area (Å²) in [6, 6.07) is 0. The van der Waals surface area contributed by atoms with Crippen molar-refractivity contribution in [3.63, 3.8) is 0 Å². The van der Waals surface area contributed by atoms with Crippen LogP contribution < -0.4 is 0 Å². The van der Waals surface area contributed by atoms with Crippen LogP contribution in [0.4, 0.5) is 0 Å². The van der Waals surface area contributed by atoms with Crippen molar-refractivity contribution in [1.82, 2.24) is 0 Å². The minimum Gasteiger partial charge on any atom is -0.348 e. The fourth-order valence-corrected chi connectivity index (χ4v) is 1.97. The maximum absolute atomic E-state index is 5.73. The third-order valence-corrected chi connectivity index (χ3v) is 2.81. The molecular formula is C12H24O2. The topological polar surface area (TPSA) is 18.5 Å². The zero-order valence-corrected chi connectivity index (χ0v) is 9.84. The molecular weight excluding hydrogens is 176 g/mol. The summed E-state index contributed by atoms with van der Waals surface area (Å²) in [5.41, 5.74) is 0. The Hall–Kier alpha value is -0.0800. The lowest BCUT2D eigenvalue weighted by molar-refractivity contribution is -0.157. The predicted octanol–water partition coefficient (Wildman–Crippen LogP) is 3.50. The highest BCUT2D eigenvalue weighted by Gasteiger charge is 2.34. The quantitative estimate of drug-likeness (QED) is 0.611. The van der Waals surface area contributed by atoms with Crippen molar-refractivity contribution >= 4 is 0 Å². The van der Waals surface area contributed by atoms with E-state index in [1.54, 1.807) is 0 Å². The van der Waals surface area contributed by atoms with Gasteiger partial charge in [0.1, 0.15) is 0 Å². The lowest BCUT2D eigenvalue weighted by Gasteiger charge is -2.22. The van der Waals surface area contributed by atoms with Crippen LogP contribution in [0.2, 0.25) is 0 Å². The monoisotopic (exact) mass is 200 g/mol. The summed E-state index contributed by atoms with van der Waals surface area (Å²) in [6.07, 6.45) is 7.86. The minimum atomic E-state index is -0.286. The Morgan fingerprint density at radius 3 is 2.50 bits per heavy atom. The van der Waals surface area contributed by atoms with Gasteiger partial charge in [0.2, 0.25) is 0 Å². The standard InChI is InChI=1S/C12H24O2/c1-4-5-6-7-8-9-12(3)13-10-11(2)14-12/h11H,4-10H2,1-3H3/t11-,12-/m1/s1. The molecule has 0 spiro atoms. The summed E-state index contributed by atoms with van der Waals surface area (Å²) in [7, 11) is 0. The lowest BCUT2D eigenvalue weighted by Crippen LogP contribution is -2.25. The van der Waals surface area contributed by atoms with Crippen molar-refractivity contribution in [2.24, 2.45) is 0 Å². The molecule has 1 saturated heterocycles. The zero-order chi connectivity index (χ0) is 10.4. The van der Waals surface area contributed by atoms with E-state index in [0.717, 1.165) is 13.0 Å². The second kappa shape index (κ2) is 5.72. The number of ether oxygens (including phenoxy) is 2. The highest BCUT2D eigenvalue weighted by atomic mass is 16.7. The predicted molar refractivity (Wildman–Crippen MR) is 58.3 cm³/mol. The SMILES string of the molecule is CCCCCCC[C@]1(C)OC[C@@H](C)O1. The first-order chi connectivity index (χ1) is 6.66. The van der Waals surface area contributed by atoms with E-state index in [0.29, 0.717) is 0 Å². The molecule has 0 aromatic heterocycles. The van der Waals surface area contributed by atoms with Crippen molar-refractivity contribution in [1.29, 1.82) is 0 Å². The largest absolute Gasteiger partial charge is 0.348 e. The normalized spacial score (nSPS) is 32.4. The Balaban J connectivity index is 2.05. The van der Waals surface area contributed by atoms with Gasteiger partial charge < -0.3 is 9.47 Å². The number of rotatable bonds is 6. The van der Waals surface area contributed by atoms with E-state index < -0.39 is 0 Å². The molecule has 1 rings (SSSR count). The van der Waals surface area contributed by atoms with Crippen LogP contribution in [0.15, 0.2) is 0 Å². The number of hydrogen-bond acceptors (Lipinski definition) is 2. The first-order valence-corrected chi connectivity index (χ1v) is 5.98. The smallest absolute Gasteiger partial charge is 0.166 e. The van der Waals surface area contributed by atoms with E-state index in [2.05, 4.69) is 20.8 Å². The zero-order valence-electron chi connectivity index (χ0n) is 9.84. The summed E-state index contributed by atoms with van der Waals surface area (Å²) in [6.45, 7) is 7.14. The molecule has 1 fully saturated rings. The molecule has 0 N–H and O–H groups in total. The molecule has 0 saturated carbocycles. The van der Waals surface area contributed by atoms with E-state index in [4.69, 9.17) is 9.47 Å². The van der Waals surface area contributed by atoms with Gasteiger partial charge in [-0.05, 0) is 20.3 Å². The second-order valence-corrected chi connectivity index (χ2v) is 4.54. The van der Waals surface area contributed by atoms with Crippen LogP contribution in [0.1, 0.15) is 59.3 Å². The summed E-state index contributed by atoms with van der Waals surface area (Å²) < 4.78 is 11.4. The van der Waals surface area contributed by atoms with E-state index in [-0.39, 0.29) is 11.9 Å². The van der Waals surface area contributed by atoms with Gasteiger partial charge in [-0.15, -0.1) is 0 Å². The summed E-state index contributed by atoms with van der Waals surface area (Å²) in [4.78, 5) is 0. The highest BCUT2D eigenvalue weighted by molar-refractivity contribution is 4.72. The Bertz CT molecular complexity index is 158. The van der Waals surface area contributed by atoms with Gasteiger partial charge in [-0.1, -0.05) is 32.6 Å². The Morgan fingerprint density at radius 2 is 1.93 bits per heavy atom. The van der Waals surface area contributed by atoms with Gasteiger partial charge in [-0.25, -0.2) is 0 Å². The van der Waals surface area contributed by atoms with Crippen LogP contribution in [0.5, 0.6) is 0 Å². The molecule has 1 aliphatic heterocycles. The van der Waals surface area contributed by atoms with Crippen LogP contribution >= 0.6 is 0 Å². The minimum absolute atomic E-state index is 0.274. The fourth-order valence-electron chi connectivity index (χ4n) is 1.97. The van der Waals surface area contributed by atoms with Crippen LogP contribution in [0.25, 0.3) is 0 Å². The molecule has 0 aromatic rings. The second-order valence-electron chi connectivity index (χ2n) is 4.54. The van der Waals surface area contributed by atoms with Crippen molar-refractivity contribution in [3.05, 3.63) is 0 Å². The first kappa shape index (κ1) is 12.0. The van der Waals surface area contributed by atoms with Crippen molar-refractivity contribution in [2.75, 3.05) is 6.61 Å². The molecule has 2 atom stereocenters. The Kier molecular flexibility index (Phi) is 4.90. The molecule has 1 heterocycles. The van der Waals surface area contributed by atoms with E-state index in [1.165, 1.54) is 32.1 Å². The molecule has 0 bridgehead atoms. The van der Waals surface area contributed by atoms with Gasteiger partial charge in [0.15, 0.2) is 5.79 Å². The Labute approximate surface area is 88.0 Å². The van der Waals surface area contributed by atoms with Crippen LogP contribution in [-0.4, -0.2) is 18.5 Å². The molecule has 84 valence electrons. The molecule has 0 aromatic carbocycles. The van der Waals surface area contributed by atoms with Gasteiger partial charge >= 0.3 is 0 Å². The van der Waals surface area contributed by atoms with Gasteiger partial charge in [0.05, 0.1) is 12.7 Å². The summed E-state index contributed by atoms with van der Waals surface area (Å²) in [5, 5.41) is 0. The Morgan fingerprint density at radius 1 is 1.21 bits per heavy atom. The maximum Gasteiger partial charge on any atom is 0.166 e. The highest BCUT2D eigenvalue weighted by Crippen LogP contribution is 2.28. The first-order valence-electron chi connectivity index (χ1n) is 5.98. The molecule has 0 radical (unpaired) electrons.